The molecule has 0 N–H and O–H groups in total. The minimum Gasteiger partial charge on any atom is -0.338 e. The second-order valence-electron chi connectivity index (χ2n) is 4.41. The molecule has 15 heavy (non-hydrogen) atoms. The van der Waals surface area contributed by atoms with E-state index in [9.17, 15) is 9.59 Å². The molecule has 3 nitrogen and oxygen atoms in total. The Labute approximate surface area is 90.1 Å². The van der Waals surface area contributed by atoms with Gasteiger partial charge in [-0.25, -0.2) is 0 Å². The van der Waals surface area contributed by atoms with Gasteiger partial charge in [0.1, 0.15) is 0 Å². The van der Waals surface area contributed by atoms with Crippen molar-refractivity contribution in [1.29, 1.82) is 0 Å². The summed E-state index contributed by atoms with van der Waals surface area (Å²) in [6.07, 6.45) is 5.17. The highest BCUT2D eigenvalue weighted by atomic mass is 16.2. The number of nitrogens with zero attached hydrogens (tertiary/aromatic N) is 1. The van der Waals surface area contributed by atoms with Gasteiger partial charge in [-0.15, -0.1) is 0 Å². The van der Waals surface area contributed by atoms with Gasteiger partial charge in [0, 0.05) is 25.0 Å². The fraction of sp³-hybridized carbons (Fsp3) is 0.667. The molecule has 2 bridgehead atoms. The summed E-state index contributed by atoms with van der Waals surface area (Å²) >= 11 is 0. The highest BCUT2D eigenvalue weighted by molar-refractivity contribution is 5.98. The molecule has 0 radical (unpaired) electrons. The first-order valence-electron chi connectivity index (χ1n) is 5.65. The maximum absolute atomic E-state index is 11.8. The lowest BCUT2D eigenvalue weighted by molar-refractivity contribution is -0.138. The molecule has 0 aromatic carbocycles. The summed E-state index contributed by atoms with van der Waals surface area (Å²) in [7, 11) is 1.82. The van der Waals surface area contributed by atoms with Gasteiger partial charge < -0.3 is 4.90 Å². The van der Waals surface area contributed by atoms with Gasteiger partial charge in [0.05, 0.1) is 6.04 Å². The van der Waals surface area contributed by atoms with Crippen molar-refractivity contribution in [2.24, 2.45) is 5.92 Å². The molecule has 1 aliphatic carbocycles. The average molecular weight is 207 g/mol. The molecule has 2 unspecified atom stereocenters. The highest BCUT2D eigenvalue weighted by Gasteiger charge is 2.38. The Morgan fingerprint density at radius 2 is 2.27 bits per heavy atom. The number of rotatable bonds is 2. The van der Waals surface area contributed by atoms with E-state index in [1.54, 1.807) is 4.90 Å². The second-order valence-corrected chi connectivity index (χ2v) is 4.41. The topological polar surface area (TPSA) is 37.4 Å². The predicted molar refractivity (Wildman–Crippen MR) is 57.3 cm³/mol. The summed E-state index contributed by atoms with van der Waals surface area (Å²) in [5.41, 5.74) is 0.869. The Kier molecular flexibility index (Phi) is 2.63. The quantitative estimate of drug-likeness (QED) is 0.688. The number of piperidine rings is 1. The summed E-state index contributed by atoms with van der Waals surface area (Å²) in [5, 5.41) is 0. The number of hydrogen-bond donors (Lipinski definition) is 0. The van der Waals surface area contributed by atoms with Gasteiger partial charge in [0.15, 0.2) is 5.78 Å². The molecule has 2 atom stereocenters. The van der Waals surface area contributed by atoms with E-state index in [2.05, 4.69) is 0 Å². The van der Waals surface area contributed by atoms with E-state index >= 15 is 0 Å². The molecule has 0 saturated carbocycles. The summed E-state index contributed by atoms with van der Waals surface area (Å²) < 4.78 is 0. The highest BCUT2D eigenvalue weighted by Crippen LogP contribution is 2.33. The van der Waals surface area contributed by atoms with Crippen molar-refractivity contribution < 1.29 is 9.59 Å². The number of ketones is 1. The number of Topliss-reactive ketones (excluding diaryl/α,β-unsaturated/α-hetero) is 1. The lowest BCUT2D eigenvalue weighted by Gasteiger charge is -2.34. The molecule has 3 rings (SSSR count). The van der Waals surface area contributed by atoms with Crippen LogP contribution in [0.25, 0.3) is 0 Å². The van der Waals surface area contributed by atoms with Gasteiger partial charge in [-0.1, -0.05) is 13.0 Å². The van der Waals surface area contributed by atoms with Crippen LogP contribution in [-0.4, -0.2) is 29.7 Å². The molecule has 0 spiro atoms. The van der Waals surface area contributed by atoms with Crippen molar-refractivity contribution in [3.05, 3.63) is 11.6 Å². The van der Waals surface area contributed by atoms with Gasteiger partial charge in [-0.05, 0) is 19.3 Å². The van der Waals surface area contributed by atoms with Crippen LogP contribution < -0.4 is 0 Å². The number of allylic oxidation sites excluding steroid dienone is 1. The standard InChI is InChI=1S/C12H17NO2/c1-3-11(14)9-6-4-8-5-7-10(9)13(2)12(8)15/h6,8,10H,3-5,7H2,1-2H3. The Morgan fingerprint density at radius 3 is 2.93 bits per heavy atom. The van der Waals surface area contributed by atoms with Crippen LogP contribution in [0, 0.1) is 5.92 Å². The lowest BCUT2D eigenvalue weighted by atomic mass is 9.91. The largest absolute Gasteiger partial charge is 0.338 e. The molecule has 2 heterocycles. The van der Waals surface area contributed by atoms with Crippen LogP contribution in [0.15, 0.2) is 11.6 Å². The number of carbonyl (C=O) groups excluding carboxylic acids is 2. The maximum atomic E-state index is 11.8. The zero-order valence-corrected chi connectivity index (χ0v) is 9.32. The van der Waals surface area contributed by atoms with Crippen molar-refractivity contribution in [3.8, 4) is 0 Å². The number of fused-ring (bicyclic) bond motifs is 3. The Hall–Kier alpha value is -1.12. The number of hydrogen-bond acceptors (Lipinski definition) is 2. The average Bonchev–Trinajstić information content (AvgIpc) is 2.52. The first-order valence-corrected chi connectivity index (χ1v) is 5.65. The predicted octanol–water partition coefficient (Wildman–Crippen LogP) is 1.53. The zero-order valence-electron chi connectivity index (χ0n) is 9.32. The maximum Gasteiger partial charge on any atom is 0.226 e. The summed E-state index contributed by atoms with van der Waals surface area (Å²) in [5.74, 6) is 0.525. The molecule has 1 saturated heterocycles. The van der Waals surface area contributed by atoms with Crippen molar-refractivity contribution in [2.45, 2.75) is 38.6 Å². The Bertz CT molecular complexity index is 333. The molecule has 3 heteroatoms. The second kappa shape index (κ2) is 3.80. The van der Waals surface area contributed by atoms with Crippen molar-refractivity contribution in [2.75, 3.05) is 7.05 Å². The van der Waals surface area contributed by atoms with Gasteiger partial charge in [-0.3, -0.25) is 9.59 Å². The summed E-state index contributed by atoms with van der Waals surface area (Å²) in [6.45, 7) is 1.88. The molecule has 0 aromatic heterocycles. The number of amides is 1. The SMILES string of the molecule is CCC(=O)C1=CCC2CCC1N(C)C2=O. The Morgan fingerprint density at radius 1 is 1.53 bits per heavy atom. The molecule has 0 aromatic rings. The monoisotopic (exact) mass is 207 g/mol. The zero-order chi connectivity index (χ0) is 11.0. The van der Waals surface area contributed by atoms with Gasteiger partial charge >= 0.3 is 0 Å². The van der Waals surface area contributed by atoms with Crippen LogP contribution >= 0.6 is 0 Å². The van der Waals surface area contributed by atoms with E-state index in [-0.39, 0.29) is 23.7 Å². The summed E-state index contributed by atoms with van der Waals surface area (Å²) in [6, 6.07) is 0.0451. The fourth-order valence-electron chi connectivity index (χ4n) is 2.61. The fourth-order valence-corrected chi connectivity index (χ4v) is 2.61. The minimum atomic E-state index is 0.0451. The smallest absolute Gasteiger partial charge is 0.226 e. The molecule has 1 amide bonds. The van der Waals surface area contributed by atoms with E-state index in [1.807, 2.05) is 20.0 Å². The lowest BCUT2D eigenvalue weighted by Crippen LogP contribution is -2.45. The van der Waals surface area contributed by atoms with Gasteiger partial charge in [-0.2, -0.15) is 0 Å². The molecule has 1 fully saturated rings. The van der Waals surface area contributed by atoms with Crippen molar-refractivity contribution >= 4 is 11.7 Å². The van der Waals surface area contributed by atoms with Crippen molar-refractivity contribution in [1.82, 2.24) is 4.90 Å². The molecule has 3 aliphatic rings. The Balaban J connectivity index is 2.31. The first kappa shape index (κ1) is 10.4. The van der Waals surface area contributed by atoms with E-state index in [0.717, 1.165) is 24.8 Å². The van der Waals surface area contributed by atoms with Crippen LogP contribution in [0.5, 0.6) is 0 Å². The minimum absolute atomic E-state index is 0.0451. The van der Waals surface area contributed by atoms with Crippen LogP contribution in [0.1, 0.15) is 32.6 Å². The van der Waals surface area contributed by atoms with Crippen LogP contribution in [-0.2, 0) is 9.59 Å². The molecule has 2 aliphatic heterocycles. The van der Waals surface area contributed by atoms with E-state index in [4.69, 9.17) is 0 Å². The first-order chi connectivity index (χ1) is 7.15. The van der Waals surface area contributed by atoms with Crippen LogP contribution in [0.3, 0.4) is 0 Å². The third-order valence-electron chi connectivity index (χ3n) is 3.58. The van der Waals surface area contributed by atoms with Gasteiger partial charge in [0.2, 0.25) is 5.91 Å². The number of likely N-dealkylation sites (N-methyl/N-ethyl adjacent to an activating group) is 1. The molecular weight excluding hydrogens is 190 g/mol. The van der Waals surface area contributed by atoms with E-state index < -0.39 is 0 Å². The summed E-state index contributed by atoms with van der Waals surface area (Å²) in [4.78, 5) is 25.4. The van der Waals surface area contributed by atoms with E-state index in [0.29, 0.717) is 6.42 Å². The number of carbonyl (C=O) groups is 2. The third kappa shape index (κ3) is 1.60. The van der Waals surface area contributed by atoms with E-state index in [1.165, 1.54) is 0 Å². The van der Waals surface area contributed by atoms with Crippen LogP contribution in [0.4, 0.5) is 0 Å². The normalized spacial score (nSPS) is 30.1. The van der Waals surface area contributed by atoms with Gasteiger partial charge in [0.25, 0.3) is 0 Å². The third-order valence-corrected chi connectivity index (χ3v) is 3.58. The van der Waals surface area contributed by atoms with Crippen molar-refractivity contribution in [3.63, 3.8) is 0 Å². The molecule has 82 valence electrons. The molecular formula is C12H17NO2. The van der Waals surface area contributed by atoms with Crippen LogP contribution in [0.2, 0.25) is 0 Å².